The minimum atomic E-state index is -0.168. The molecule has 0 radical (unpaired) electrons. The fourth-order valence-electron chi connectivity index (χ4n) is 3.18. The third kappa shape index (κ3) is 3.58. The molecular formula is C21H21FN2OS. The van der Waals surface area contributed by atoms with Crippen LogP contribution >= 0.6 is 12.1 Å². The van der Waals surface area contributed by atoms with Crippen LogP contribution in [0.25, 0.3) is 22.0 Å². The Bertz CT molecular complexity index is 915. The first-order valence-electron chi connectivity index (χ1n) is 8.63. The molecule has 1 aromatic heterocycles. The first-order valence-corrected chi connectivity index (χ1v) is 9.52. The van der Waals surface area contributed by atoms with Crippen LogP contribution < -0.4 is 0 Å². The van der Waals surface area contributed by atoms with Crippen LogP contribution in [0.15, 0.2) is 54.6 Å². The summed E-state index contributed by atoms with van der Waals surface area (Å²) >= 11 is 0.218. The van der Waals surface area contributed by atoms with E-state index in [0.29, 0.717) is 17.8 Å². The van der Waals surface area contributed by atoms with Gasteiger partial charge in [-0.15, -0.1) is 0 Å². The molecule has 0 aliphatic rings. The molecule has 3 aromatic rings. The normalized spacial score (nSPS) is 10.9. The summed E-state index contributed by atoms with van der Waals surface area (Å²) in [5.41, 5.74) is 3.57. The van der Waals surface area contributed by atoms with Crippen molar-refractivity contribution in [2.75, 3.05) is 13.6 Å². The van der Waals surface area contributed by atoms with Gasteiger partial charge in [-0.25, -0.2) is 4.98 Å². The number of halogens is 1. The molecule has 0 spiro atoms. The molecule has 1 heterocycles. The van der Waals surface area contributed by atoms with Gasteiger partial charge in [0, 0.05) is 36.7 Å². The Balaban J connectivity index is 2.31. The Hall–Kier alpha value is -2.40. The summed E-state index contributed by atoms with van der Waals surface area (Å²) < 4.78 is 13.3. The number of benzene rings is 2. The highest BCUT2D eigenvalue weighted by atomic mass is 32.2. The fraction of sp³-hybridized carbons (Fsp3) is 0.238. The molecule has 3 rings (SSSR count). The van der Waals surface area contributed by atoms with Gasteiger partial charge >= 0.3 is 0 Å². The molecule has 0 bridgehead atoms. The zero-order valence-corrected chi connectivity index (χ0v) is 15.7. The van der Waals surface area contributed by atoms with E-state index in [-0.39, 0.29) is 23.8 Å². The van der Waals surface area contributed by atoms with E-state index < -0.39 is 0 Å². The molecule has 0 saturated heterocycles. The van der Waals surface area contributed by atoms with Gasteiger partial charge in [0.15, 0.2) is 0 Å². The lowest BCUT2D eigenvalue weighted by Gasteiger charge is -2.20. The highest BCUT2D eigenvalue weighted by molar-refractivity contribution is 7.93. The van der Waals surface area contributed by atoms with Gasteiger partial charge in [0.25, 0.3) is 5.91 Å². The van der Waals surface area contributed by atoms with Crippen molar-refractivity contribution in [2.24, 2.45) is 0 Å². The zero-order chi connectivity index (χ0) is 18.5. The highest BCUT2D eigenvalue weighted by Gasteiger charge is 2.23. The van der Waals surface area contributed by atoms with Crippen LogP contribution in [-0.2, 0) is 5.75 Å². The second kappa shape index (κ2) is 8.32. The fourth-order valence-corrected chi connectivity index (χ4v) is 3.57. The Morgan fingerprint density at radius 1 is 1.12 bits per heavy atom. The lowest BCUT2D eigenvalue weighted by molar-refractivity contribution is 0.0789. The van der Waals surface area contributed by atoms with Gasteiger partial charge in [-0.05, 0) is 23.6 Å². The van der Waals surface area contributed by atoms with Crippen molar-refractivity contribution < 1.29 is 8.68 Å². The van der Waals surface area contributed by atoms with Crippen molar-refractivity contribution in [3.8, 4) is 11.1 Å². The van der Waals surface area contributed by atoms with E-state index in [1.807, 2.05) is 61.5 Å². The molecular weight excluding hydrogens is 347 g/mol. The van der Waals surface area contributed by atoms with Crippen molar-refractivity contribution in [2.45, 2.75) is 19.1 Å². The van der Waals surface area contributed by atoms with Crippen LogP contribution in [0.4, 0.5) is 3.89 Å². The van der Waals surface area contributed by atoms with Gasteiger partial charge in [-0.1, -0.05) is 55.5 Å². The van der Waals surface area contributed by atoms with Crippen molar-refractivity contribution >= 4 is 29.0 Å². The Morgan fingerprint density at radius 3 is 2.50 bits per heavy atom. The molecule has 1 amide bonds. The van der Waals surface area contributed by atoms with Gasteiger partial charge < -0.3 is 4.90 Å². The maximum atomic E-state index is 13.3. The zero-order valence-electron chi connectivity index (χ0n) is 14.9. The number of aromatic nitrogens is 1. The van der Waals surface area contributed by atoms with Gasteiger partial charge in [0.2, 0.25) is 0 Å². The molecule has 0 atom stereocenters. The van der Waals surface area contributed by atoms with Crippen LogP contribution in [0.3, 0.4) is 0 Å². The number of hydrogen-bond acceptors (Lipinski definition) is 3. The standard InChI is InChI=1S/C21H21FN2OS/c1-3-13-24(2)21(25)20-17(14-26-22)19(15-9-5-4-6-10-15)16-11-7-8-12-18(16)23-20/h4-12H,3,13-14H2,1-2H3. The van der Waals surface area contributed by atoms with E-state index >= 15 is 0 Å². The first kappa shape index (κ1) is 18.4. The molecule has 2 aromatic carbocycles. The highest BCUT2D eigenvalue weighted by Crippen LogP contribution is 2.35. The predicted octanol–water partition coefficient (Wildman–Crippen LogP) is 5.50. The van der Waals surface area contributed by atoms with Crippen LogP contribution in [0, 0.1) is 0 Å². The molecule has 0 N–H and O–H groups in total. The Morgan fingerprint density at radius 2 is 1.81 bits per heavy atom. The Labute approximate surface area is 157 Å². The first-order chi connectivity index (χ1) is 12.7. The Kier molecular flexibility index (Phi) is 5.89. The predicted molar refractivity (Wildman–Crippen MR) is 107 cm³/mol. The average Bonchev–Trinajstić information content (AvgIpc) is 2.68. The second-order valence-electron chi connectivity index (χ2n) is 6.18. The molecule has 0 aliphatic carbocycles. The lowest BCUT2D eigenvalue weighted by Crippen LogP contribution is -2.29. The summed E-state index contributed by atoms with van der Waals surface area (Å²) in [4.78, 5) is 19.3. The van der Waals surface area contributed by atoms with E-state index in [9.17, 15) is 8.68 Å². The van der Waals surface area contributed by atoms with Crippen LogP contribution in [0.1, 0.15) is 29.4 Å². The number of carbonyl (C=O) groups excluding carboxylic acids is 1. The second-order valence-corrected chi connectivity index (χ2v) is 6.68. The molecule has 0 saturated carbocycles. The molecule has 0 aliphatic heterocycles. The SMILES string of the molecule is CCCN(C)C(=O)c1nc2ccccc2c(-c2ccccc2)c1CSF. The van der Waals surface area contributed by atoms with Crippen LogP contribution in [0.5, 0.6) is 0 Å². The quantitative estimate of drug-likeness (QED) is 0.576. The van der Waals surface area contributed by atoms with E-state index in [2.05, 4.69) is 4.98 Å². The van der Waals surface area contributed by atoms with E-state index in [1.165, 1.54) is 0 Å². The van der Waals surface area contributed by atoms with E-state index in [1.54, 1.807) is 11.9 Å². The maximum Gasteiger partial charge on any atom is 0.272 e. The van der Waals surface area contributed by atoms with E-state index in [0.717, 1.165) is 28.5 Å². The monoisotopic (exact) mass is 368 g/mol. The summed E-state index contributed by atoms with van der Waals surface area (Å²) in [5, 5.41) is 0.928. The van der Waals surface area contributed by atoms with E-state index in [4.69, 9.17) is 0 Å². The molecule has 26 heavy (non-hydrogen) atoms. The summed E-state index contributed by atoms with van der Waals surface area (Å²) in [6.07, 6.45) is 0.856. The summed E-state index contributed by atoms with van der Waals surface area (Å²) in [6.45, 7) is 2.65. The molecule has 5 heteroatoms. The molecule has 0 unspecified atom stereocenters. The minimum Gasteiger partial charge on any atom is -0.340 e. The van der Waals surface area contributed by atoms with Gasteiger partial charge in [-0.2, -0.15) is 3.89 Å². The summed E-state index contributed by atoms with van der Waals surface area (Å²) in [5.74, 6) is -0.0813. The van der Waals surface area contributed by atoms with Crippen LogP contribution in [0.2, 0.25) is 0 Å². The van der Waals surface area contributed by atoms with Gasteiger partial charge in [-0.3, -0.25) is 4.79 Å². The topological polar surface area (TPSA) is 33.2 Å². The molecule has 3 nitrogen and oxygen atoms in total. The largest absolute Gasteiger partial charge is 0.340 e. The van der Waals surface area contributed by atoms with Crippen LogP contribution in [-0.4, -0.2) is 29.4 Å². The lowest BCUT2D eigenvalue weighted by atomic mass is 9.94. The van der Waals surface area contributed by atoms with Crippen molar-refractivity contribution in [1.29, 1.82) is 0 Å². The smallest absolute Gasteiger partial charge is 0.272 e. The number of pyridine rings is 1. The number of fused-ring (bicyclic) bond motifs is 1. The third-order valence-corrected chi connectivity index (χ3v) is 4.76. The summed E-state index contributed by atoms with van der Waals surface area (Å²) in [6, 6.07) is 17.5. The minimum absolute atomic E-state index is 0.0864. The number of rotatable bonds is 6. The number of nitrogens with zero attached hydrogens (tertiary/aromatic N) is 2. The average molecular weight is 368 g/mol. The van der Waals surface area contributed by atoms with Crippen molar-refractivity contribution in [3.05, 3.63) is 65.9 Å². The summed E-state index contributed by atoms with van der Waals surface area (Å²) in [7, 11) is 1.76. The number of carbonyl (C=O) groups is 1. The van der Waals surface area contributed by atoms with Crippen molar-refractivity contribution in [1.82, 2.24) is 9.88 Å². The van der Waals surface area contributed by atoms with Gasteiger partial charge in [0.1, 0.15) is 5.69 Å². The van der Waals surface area contributed by atoms with Gasteiger partial charge in [0.05, 0.1) is 11.3 Å². The molecule has 0 fully saturated rings. The maximum absolute atomic E-state index is 13.3. The molecule has 134 valence electrons. The van der Waals surface area contributed by atoms with Crippen molar-refractivity contribution in [3.63, 3.8) is 0 Å². The number of amides is 1. The number of hydrogen-bond donors (Lipinski definition) is 0. The number of para-hydroxylation sites is 1. The third-order valence-electron chi connectivity index (χ3n) is 4.36.